The maximum atomic E-state index is 10.7. The fraction of sp³-hybridized carbons (Fsp3) is 0.250. The SMILES string of the molecule is CC(O)Nc1cc(Cl)c(N)cc1[N+](=O)[O-]. The van der Waals surface area contributed by atoms with Crippen LogP contribution in [-0.2, 0) is 0 Å². The van der Waals surface area contributed by atoms with Crippen LogP contribution in [0.4, 0.5) is 17.1 Å². The van der Waals surface area contributed by atoms with Gasteiger partial charge in [-0.15, -0.1) is 0 Å². The zero-order valence-electron chi connectivity index (χ0n) is 7.90. The van der Waals surface area contributed by atoms with E-state index in [4.69, 9.17) is 22.4 Å². The van der Waals surface area contributed by atoms with Crippen LogP contribution in [0.3, 0.4) is 0 Å². The van der Waals surface area contributed by atoms with Gasteiger partial charge in [0.15, 0.2) is 0 Å². The smallest absolute Gasteiger partial charge is 0.294 e. The number of nitro benzene ring substituents is 1. The molecule has 0 saturated heterocycles. The van der Waals surface area contributed by atoms with Crippen LogP contribution in [0, 0.1) is 10.1 Å². The van der Waals surface area contributed by atoms with Gasteiger partial charge in [0.25, 0.3) is 5.69 Å². The second-order valence-corrected chi connectivity index (χ2v) is 3.38. The predicted molar refractivity (Wildman–Crippen MR) is 57.8 cm³/mol. The Labute approximate surface area is 90.8 Å². The van der Waals surface area contributed by atoms with Crippen molar-refractivity contribution in [2.24, 2.45) is 0 Å². The Morgan fingerprint density at radius 2 is 2.27 bits per heavy atom. The maximum absolute atomic E-state index is 10.7. The van der Waals surface area contributed by atoms with Crippen LogP contribution in [0.2, 0.25) is 5.02 Å². The molecule has 0 aliphatic heterocycles. The molecule has 0 bridgehead atoms. The summed E-state index contributed by atoms with van der Waals surface area (Å²) >= 11 is 5.70. The van der Waals surface area contributed by atoms with Crippen LogP contribution < -0.4 is 11.1 Å². The highest BCUT2D eigenvalue weighted by Crippen LogP contribution is 2.32. The van der Waals surface area contributed by atoms with Gasteiger partial charge >= 0.3 is 0 Å². The van der Waals surface area contributed by atoms with Gasteiger partial charge in [-0.25, -0.2) is 0 Å². The summed E-state index contributed by atoms with van der Waals surface area (Å²) in [6.07, 6.45) is -0.914. The first-order valence-electron chi connectivity index (χ1n) is 4.10. The largest absolute Gasteiger partial charge is 0.397 e. The Balaban J connectivity index is 3.22. The number of nitro groups is 1. The number of anilines is 2. The van der Waals surface area contributed by atoms with E-state index in [1.165, 1.54) is 13.0 Å². The fourth-order valence-corrected chi connectivity index (χ4v) is 1.23. The first-order valence-corrected chi connectivity index (χ1v) is 4.47. The lowest BCUT2D eigenvalue weighted by Gasteiger charge is -2.10. The highest BCUT2D eigenvalue weighted by molar-refractivity contribution is 6.33. The number of nitrogen functional groups attached to an aromatic ring is 1. The van der Waals surface area contributed by atoms with E-state index in [-0.39, 0.29) is 22.1 Å². The second kappa shape index (κ2) is 4.33. The lowest BCUT2D eigenvalue weighted by atomic mass is 10.2. The summed E-state index contributed by atoms with van der Waals surface area (Å²) in [4.78, 5) is 10.1. The third kappa shape index (κ3) is 2.71. The average molecular weight is 232 g/mol. The Morgan fingerprint density at radius 1 is 1.67 bits per heavy atom. The molecule has 0 fully saturated rings. The highest BCUT2D eigenvalue weighted by Gasteiger charge is 2.17. The lowest BCUT2D eigenvalue weighted by molar-refractivity contribution is -0.383. The minimum absolute atomic E-state index is 0.125. The van der Waals surface area contributed by atoms with Gasteiger partial charge in [-0.2, -0.15) is 0 Å². The predicted octanol–water partition coefficient (Wildman–Crippen LogP) is 1.58. The van der Waals surface area contributed by atoms with Crippen molar-refractivity contribution in [1.29, 1.82) is 0 Å². The van der Waals surface area contributed by atoms with Crippen molar-refractivity contribution in [2.75, 3.05) is 11.1 Å². The van der Waals surface area contributed by atoms with Crippen LogP contribution in [0.1, 0.15) is 6.92 Å². The number of halogens is 1. The number of nitrogens with zero attached hydrogens (tertiary/aromatic N) is 1. The molecule has 4 N–H and O–H groups in total. The number of aliphatic hydroxyl groups is 1. The van der Waals surface area contributed by atoms with E-state index >= 15 is 0 Å². The number of hydrogen-bond donors (Lipinski definition) is 3. The van der Waals surface area contributed by atoms with Gasteiger partial charge in [0.2, 0.25) is 0 Å². The molecule has 0 heterocycles. The first-order chi connectivity index (χ1) is 6.91. The number of aliphatic hydroxyl groups excluding tert-OH is 1. The summed E-state index contributed by atoms with van der Waals surface area (Å²) in [6, 6.07) is 2.45. The van der Waals surface area contributed by atoms with Gasteiger partial charge in [0.05, 0.1) is 15.6 Å². The van der Waals surface area contributed by atoms with Gasteiger partial charge in [-0.3, -0.25) is 10.1 Å². The Hall–Kier alpha value is -1.53. The fourth-order valence-electron chi connectivity index (χ4n) is 1.07. The summed E-state index contributed by atoms with van der Waals surface area (Å²) in [5, 5.41) is 22.4. The molecule has 0 saturated carbocycles. The molecule has 1 unspecified atom stereocenters. The van der Waals surface area contributed by atoms with Crippen molar-refractivity contribution in [3.63, 3.8) is 0 Å². The van der Waals surface area contributed by atoms with Gasteiger partial charge in [-0.1, -0.05) is 11.6 Å². The van der Waals surface area contributed by atoms with E-state index in [2.05, 4.69) is 5.32 Å². The molecule has 82 valence electrons. The Kier molecular flexibility index (Phi) is 3.33. The molecule has 0 aliphatic rings. The molecule has 0 amide bonds. The zero-order chi connectivity index (χ0) is 11.6. The van der Waals surface area contributed by atoms with Gasteiger partial charge in [-0.05, 0) is 13.0 Å². The van der Waals surface area contributed by atoms with Gasteiger partial charge in [0, 0.05) is 6.07 Å². The maximum Gasteiger partial charge on any atom is 0.294 e. The molecule has 1 rings (SSSR count). The molecule has 1 atom stereocenters. The molecule has 1 aromatic rings. The number of hydrogen-bond acceptors (Lipinski definition) is 5. The first kappa shape index (κ1) is 11.5. The van der Waals surface area contributed by atoms with Crippen molar-refractivity contribution >= 4 is 28.7 Å². The van der Waals surface area contributed by atoms with Crippen LogP contribution >= 0.6 is 11.6 Å². The monoisotopic (exact) mass is 231 g/mol. The molecule has 0 spiro atoms. The summed E-state index contributed by atoms with van der Waals surface area (Å²) in [5.74, 6) is 0. The zero-order valence-corrected chi connectivity index (χ0v) is 8.65. The summed E-state index contributed by atoms with van der Waals surface area (Å²) in [7, 11) is 0. The summed E-state index contributed by atoms with van der Waals surface area (Å²) in [5.41, 5.74) is 5.47. The van der Waals surface area contributed by atoms with E-state index in [0.29, 0.717) is 0 Å². The summed E-state index contributed by atoms with van der Waals surface area (Å²) in [6.45, 7) is 1.44. The third-order valence-electron chi connectivity index (χ3n) is 1.68. The highest BCUT2D eigenvalue weighted by atomic mass is 35.5. The molecule has 0 aliphatic carbocycles. The lowest BCUT2D eigenvalue weighted by Crippen LogP contribution is -2.14. The van der Waals surface area contributed by atoms with Crippen molar-refractivity contribution < 1.29 is 10.0 Å². The standard InChI is InChI=1S/C8H10ClN3O3/c1-4(13)11-7-2-5(9)6(10)3-8(7)12(14)15/h2-4,11,13H,10H2,1H3. The van der Waals surface area contributed by atoms with Crippen molar-refractivity contribution in [3.8, 4) is 0 Å². The molecular weight excluding hydrogens is 222 g/mol. The van der Waals surface area contributed by atoms with Crippen LogP contribution in [0.15, 0.2) is 12.1 Å². The third-order valence-corrected chi connectivity index (χ3v) is 2.00. The molecule has 0 radical (unpaired) electrons. The Bertz CT molecular complexity index is 395. The topological polar surface area (TPSA) is 101 Å². The molecule has 15 heavy (non-hydrogen) atoms. The average Bonchev–Trinajstić information content (AvgIpc) is 2.09. The van der Waals surface area contributed by atoms with Gasteiger partial charge in [0.1, 0.15) is 11.9 Å². The summed E-state index contributed by atoms with van der Waals surface area (Å²) < 4.78 is 0. The van der Waals surface area contributed by atoms with Crippen molar-refractivity contribution in [1.82, 2.24) is 0 Å². The normalized spacial score (nSPS) is 12.2. The minimum atomic E-state index is -0.914. The van der Waals surface area contributed by atoms with E-state index in [1.54, 1.807) is 0 Å². The van der Waals surface area contributed by atoms with Crippen LogP contribution in [0.5, 0.6) is 0 Å². The van der Waals surface area contributed by atoms with E-state index < -0.39 is 11.2 Å². The van der Waals surface area contributed by atoms with Crippen molar-refractivity contribution in [2.45, 2.75) is 13.2 Å². The molecule has 7 heteroatoms. The Morgan fingerprint density at radius 3 is 2.73 bits per heavy atom. The molecule has 6 nitrogen and oxygen atoms in total. The van der Waals surface area contributed by atoms with Crippen LogP contribution in [-0.4, -0.2) is 16.3 Å². The molecular formula is C8H10ClN3O3. The number of nitrogens with two attached hydrogens (primary N) is 1. The van der Waals surface area contributed by atoms with Crippen LogP contribution in [0.25, 0.3) is 0 Å². The number of benzene rings is 1. The quantitative estimate of drug-likeness (QED) is 0.317. The van der Waals surface area contributed by atoms with E-state index in [9.17, 15) is 10.1 Å². The van der Waals surface area contributed by atoms with Crippen molar-refractivity contribution in [3.05, 3.63) is 27.3 Å². The molecule has 1 aromatic carbocycles. The van der Waals surface area contributed by atoms with E-state index in [0.717, 1.165) is 6.07 Å². The second-order valence-electron chi connectivity index (χ2n) is 2.97. The van der Waals surface area contributed by atoms with E-state index in [1.807, 2.05) is 0 Å². The minimum Gasteiger partial charge on any atom is -0.397 e. The number of nitrogens with one attached hydrogen (secondary N) is 1. The molecule has 0 aromatic heterocycles. The number of rotatable bonds is 3. The van der Waals surface area contributed by atoms with Gasteiger partial charge < -0.3 is 16.2 Å².